The Morgan fingerprint density at radius 1 is 0.778 bits per heavy atom. The summed E-state index contributed by atoms with van der Waals surface area (Å²) in [5, 5.41) is 0. The number of imide groups is 1. The molecule has 3 heteroatoms. The molecule has 0 radical (unpaired) electrons. The third-order valence-electron chi connectivity index (χ3n) is 5.10. The SMILES string of the molecule is CC(C)(C)CC(c1ccc(C(C)(C)C)cc1)N1C(=O)c2ccccc2C1=O. The van der Waals surface area contributed by atoms with Gasteiger partial charge in [-0.2, -0.15) is 0 Å². The van der Waals surface area contributed by atoms with Gasteiger partial charge in [-0.05, 0) is 40.5 Å². The third-order valence-corrected chi connectivity index (χ3v) is 5.10. The van der Waals surface area contributed by atoms with Crippen molar-refractivity contribution in [2.45, 2.75) is 59.4 Å². The minimum atomic E-state index is -0.272. The van der Waals surface area contributed by atoms with Crippen LogP contribution in [0.1, 0.15) is 85.8 Å². The van der Waals surface area contributed by atoms with E-state index in [-0.39, 0.29) is 28.7 Å². The van der Waals surface area contributed by atoms with E-state index in [1.807, 2.05) is 12.1 Å². The van der Waals surface area contributed by atoms with Crippen molar-refractivity contribution in [1.82, 2.24) is 4.90 Å². The highest BCUT2D eigenvalue weighted by Gasteiger charge is 2.41. The Morgan fingerprint density at radius 3 is 1.67 bits per heavy atom. The first kappa shape index (κ1) is 19.3. The monoisotopic (exact) mass is 363 g/mol. The molecule has 2 aromatic carbocycles. The van der Waals surface area contributed by atoms with E-state index >= 15 is 0 Å². The lowest BCUT2D eigenvalue weighted by Gasteiger charge is -2.32. The van der Waals surface area contributed by atoms with Crippen molar-refractivity contribution in [3.05, 3.63) is 70.8 Å². The molecule has 1 aliphatic heterocycles. The number of amides is 2. The zero-order valence-corrected chi connectivity index (χ0v) is 17.2. The van der Waals surface area contributed by atoms with Gasteiger partial charge in [0.15, 0.2) is 0 Å². The van der Waals surface area contributed by atoms with Gasteiger partial charge in [0.25, 0.3) is 11.8 Å². The minimum absolute atomic E-state index is 0.0251. The van der Waals surface area contributed by atoms with Crippen LogP contribution in [0.3, 0.4) is 0 Å². The van der Waals surface area contributed by atoms with Crippen LogP contribution in [0.2, 0.25) is 0 Å². The molecule has 0 spiro atoms. The maximum absolute atomic E-state index is 13.0. The topological polar surface area (TPSA) is 37.4 Å². The van der Waals surface area contributed by atoms with E-state index in [1.54, 1.807) is 12.1 Å². The summed E-state index contributed by atoms with van der Waals surface area (Å²) in [6, 6.07) is 15.2. The van der Waals surface area contributed by atoms with E-state index in [4.69, 9.17) is 0 Å². The number of rotatable bonds is 3. The first-order valence-corrected chi connectivity index (χ1v) is 9.56. The molecule has 142 valence electrons. The number of carbonyl (C=O) groups is 2. The zero-order valence-electron chi connectivity index (χ0n) is 17.2. The quantitative estimate of drug-likeness (QED) is 0.650. The van der Waals surface area contributed by atoms with Crippen molar-refractivity contribution >= 4 is 11.8 Å². The van der Waals surface area contributed by atoms with Crippen molar-refractivity contribution in [1.29, 1.82) is 0 Å². The molecule has 0 saturated heterocycles. The summed E-state index contributed by atoms with van der Waals surface area (Å²) >= 11 is 0. The van der Waals surface area contributed by atoms with Gasteiger partial charge >= 0.3 is 0 Å². The van der Waals surface area contributed by atoms with Crippen molar-refractivity contribution in [3.8, 4) is 0 Å². The summed E-state index contributed by atoms with van der Waals surface area (Å²) in [4.78, 5) is 27.5. The van der Waals surface area contributed by atoms with Crippen LogP contribution < -0.4 is 0 Å². The van der Waals surface area contributed by atoms with Gasteiger partial charge in [0.2, 0.25) is 0 Å². The first-order chi connectivity index (χ1) is 12.5. The number of nitrogens with zero attached hydrogens (tertiary/aromatic N) is 1. The van der Waals surface area contributed by atoms with Gasteiger partial charge in [-0.15, -0.1) is 0 Å². The molecule has 1 unspecified atom stereocenters. The maximum Gasteiger partial charge on any atom is 0.262 e. The van der Waals surface area contributed by atoms with E-state index in [2.05, 4.69) is 65.8 Å². The lowest BCUT2D eigenvalue weighted by molar-refractivity contribution is 0.0543. The van der Waals surface area contributed by atoms with Crippen molar-refractivity contribution in [3.63, 3.8) is 0 Å². The van der Waals surface area contributed by atoms with Crippen LogP contribution in [0.5, 0.6) is 0 Å². The highest BCUT2D eigenvalue weighted by molar-refractivity contribution is 6.21. The maximum atomic E-state index is 13.0. The molecule has 1 aliphatic rings. The molecule has 2 amide bonds. The molecule has 1 atom stereocenters. The average molecular weight is 364 g/mol. The number of carbonyl (C=O) groups excluding carboxylic acids is 2. The van der Waals surface area contributed by atoms with Gasteiger partial charge < -0.3 is 0 Å². The smallest absolute Gasteiger partial charge is 0.262 e. The van der Waals surface area contributed by atoms with Gasteiger partial charge in [-0.3, -0.25) is 14.5 Å². The molecule has 0 N–H and O–H groups in total. The second kappa shape index (κ2) is 6.63. The summed E-state index contributed by atoms with van der Waals surface area (Å²) in [5.74, 6) is -0.380. The zero-order chi connectivity index (χ0) is 20.0. The van der Waals surface area contributed by atoms with Gasteiger partial charge in [0, 0.05) is 0 Å². The molecule has 3 nitrogen and oxygen atoms in total. The predicted octanol–water partition coefficient (Wildman–Crippen LogP) is 5.76. The largest absolute Gasteiger partial charge is 0.269 e. The van der Waals surface area contributed by atoms with Crippen molar-refractivity contribution in [2.75, 3.05) is 0 Å². The molecular formula is C24H29NO2. The van der Waals surface area contributed by atoms with Crippen LogP contribution in [-0.4, -0.2) is 16.7 Å². The molecule has 0 fully saturated rings. The highest BCUT2D eigenvalue weighted by atomic mass is 16.2. The Morgan fingerprint density at radius 2 is 1.26 bits per heavy atom. The van der Waals surface area contributed by atoms with Gasteiger partial charge in [-0.1, -0.05) is 77.9 Å². The number of fused-ring (bicyclic) bond motifs is 1. The minimum Gasteiger partial charge on any atom is -0.269 e. The van der Waals surface area contributed by atoms with Crippen molar-refractivity contribution in [2.24, 2.45) is 5.41 Å². The van der Waals surface area contributed by atoms with Gasteiger partial charge in [-0.25, -0.2) is 0 Å². The number of benzene rings is 2. The van der Waals surface area contributed by atoms with E-state index in [0.29, 0.717) is 17.5 Å². The van der Waals surface area contributed by atoms with Crippen LogP contribution in [0.15, 0.2) is 48.5 Å². The average Bonchev–Trinajstić information content (AvgIpc) is 2.83. The molecule has 0 saturated carbocycles. The standard InChI is InChI=1S/C24H29NO2/c1-23(2,3)15-20(16-11-13-17(14-12-16)24(4,5)6)25-21(26)18-9-7-8-10-19(18)22(25)27/h7-14,20H,15H2,1-6H3. The van der Waals surface area contributed by atoms with Crippen LogP contribution >= 0.6 is 0 Å². The van der Waals surface area contributed by atoms with E-state index in [9.17, 15) is 9.59 Å². The second-order valence-corrected chi connectivity index (χ2v) is 9.68. The fourth-order valence-corrected chi connectivity index (χ4v) is 3.63. The lowest BCUT2D eigenvalue weighted by atomic mass is 9.82. The molecule has 27 heavy (non-hydrogen) atoms. The van der Waals surface area contributed by atoms with Gasteiger partial charge in [0.05, 0.1) is 17.2 Å². The summed E-state index contributed by atoms with van der Waals surface area (Å²) < 4.78 is 0. The molecular weight excluding hydrogens is 334 g/mol. The molecule has 1 heterocycles. The lowest BCUT2D eigenvalue weighted by Crippen LogP contribution is -2.36. The van der Waals surface area contributed by atoms with E-state index in [1.165, 1.54) is 10.5 Å². The Balaban J connectivity index is 2.03. The van der Waals surface area contributed by atoms with Crippen LogP contribution in [0.25, 0.3) is 0 Å². The molecule has 0 aromatic heterocycles. The number of hydrogen-bond acceptors (Lipinski definition) is 2. The molecule has 3 rings (SSSR count). The van der Waals surface area contributed by atoms with Crippen molar-refractivity contribution < 1.29 is 9.59 Å². The van der Waals surface area contributed by atoms with Crippen LogP contribution in [0.4, 0.5) is 0 Å². The van der Waals surface area contributed by atoms with Gasteiger partial charge in [0.1, 0.15) is 0 Å². The fourth-order valence-electron chi connectivity index (χ4n) is 3.63. The third kappa shape index (κ3) is 3.83. The first-order valence-electron chi connectivity index (χ1n) is 9.56. The Kier molecular flexibility index (Phi) is 4.75. The summed E-state index contributed by atoms with van der Waals surface area (Å²) in [7, 11) is 0. The van der Waals surface area contributed by atoms with E-state index < -0.39 is 0 Å². The molecule has 0 bridgehead atoms. The second-order valence-electron chi connectivity index (χ2n) is 9.68. The van der Waals surface area contributed by atoms with Crippen LogP contribution in [-0.2, 0) is 5.41 Å². The summed E-state index contributed by atoms with van der Waals surface area (Å²) in [6.45, 7) is 13.0. The normalized spacial score (nSPS) is 15.9. The summed E-state index contributed by atoms with van der Waals surface area (Å²) in [5.41, 5.74) is 3.30. The molecule has 2 aromatic rings. The fraction of sp³-hybridized carbons (Fsp3) is 0.417. The Bertz CT molecular complexity index is 831. The summed E-state index contributed by atoms with van der Waals surface area (Å²) in [6.07, 6.45) is 0.716. The highest BCUT2D eigenvalue weighted by Crippen LogP contribution is 2.39. The number of hydrogen-bond donors (Lipinski definition) is 0. The Labute approximate surface area is 162 Å². The molecule has 0 aliphatic carbocycles. The Hall–Kier alpha value is -2.42. The predicted molar refractivity (Wildman–Crippen MR) is 109 cm³/mol. The van der Waals surface area contributed by atoms with E-state index in [0.717, 1.165) is 5.56 Å². The van der Waals surface area contributed by atoms with Crippen LogP contribution in [0, 0.1) is 5.41 Å².